The molecule has 0 saturated carbocycles. The second-order valence-electron chi connectivity index (χ2n) is 4.23. The molecular formula is C13H19N5O2. The highest BCUT2D eigenvalue weighted by Crippen LogP contribution is 2.21. The second kappa shape index (κ2) is 6.85. The third-order valence-electron chi connectivity index (χ3n) is 2.56. The summed E-state index contributed by atoms with van der Waals surface area (Å²) in [5.41, 5.74) is 0. The van der Waals surface area contributed by atoms with Gasteiger partial charge in [-0.1, -0.05) is 6.92 Å². The van der Waals surface area contributed by atoms with E-state index in [0.29, 0.717) is 29.9 Å². The van der Waals surface area contributed by atoms with Gasteiger partial charge < -0.3 is 14.8 Å². The van der Waals surface area contributed by atoms with Gasteiger partial charge in [-0.05, 0) is 6.42 Å². The highest BCUT2D eigenvalue weighted by Gasteiger charge is 2.07. The minimum absolute atomic E-state index is 0.334. The zero-order valence-corrected chi connectivity index (χ0v) is 12.0. The molecule has 7 heteroatoms. The summed E-state index contributed by atoms with van der Waals surface area (Å²) in [5.74, 6) is 2.37. The lowest BCUT2D eigenvalue weighted by molar-refractivity contribution is 0.177. The van der Waals surface area contributed by atoms with Crippen LogP contribution >= 0.6 is 0 Å². The predicted octanol–water partition coefficient (Wildman–Crippen LogP) is 2.06. The number of anilines is 1. The van der Waals surface area contributed by atoms with Crippen molar-refractivity contribution >= 4 is 5.82 Å². The Morgan fingerprint density at radius 2 is 2.20 bits per heavy atom. The molecule has 0 aliphatic heterocycles. The number of aryl methyl sites for hydroxylation is 1. The van der Waals surface area contributed by atoms with Gasteiger partial charge in [0.2, 0.25) is 5.88 Å². The van der Waals surface area contributed by atoms with E-state index < -0.39 is 0 Å². The minimum Gasteiger partial charge on any atom is -0.436 e. The molecule has 108 valence electrons. The van der Waals surface area contributed by atoms with Gasteiger partial charge in [0.1, 0.15) is 12.4 Å². The molecule has 0 radical (unpaired) electrons. The SMILES string of the molecule is CCCn1cc(Oc2cc(NC)nc(COC)n2)cn1. The molecule has 0 fully saturated rings. The van der Waals surface area contributed by atoms with Crippen LogP contribution in [0.2, 0.25) is 0 Å². The molecule has 0 aliphatic carbocycles. The average Bonchev–Trinajstić information content (AvgIpc) is 2.86. The molecule has 7 nitrogen and oxygen atoms in total. The average molecular weight is 277 g/mol. The first-order chi connectivity index (χ1) is 9.75. The van der Waals surface area contributed by atoms with Gasteiger partial charge in [0.15, 0.2) is 11.6 Å². The van der Waals surface area contributed by atoms with E-state index >= 15 is 0 Å². The highest BCUT2D eigenvalue weighted by atomic mass is 16.5. The molecule has 2 heterocycles. The number of hydrogen-bond acceptors (Lipinski definition) is 6. The van der Waals surface area contributed by atoms with E-state index in [4.69, 9.17) is 9.47 Å². The smallest absolute Gasteiger partial charge is 0.224 e. The van der Waals surface area contributed by atoms with Gasteiger partial charge in [0.25, 0.3) is 0 Å². The molecular weight excluding hydrogens is 258 g/mol. The van der Waals surface area contributed by atoms with E-state index in [-0.39, 0.29) is 0 Å². The normalized spacial score (nSPS) is 10.6. The van der Waals surface area contributed by atoms with Crippen molar-refractivity contribution < 1.29 is 9.47 Å². The lowest BCUT2D eigenvalue weighted by Crippen LogP contribution is -2.02. The van der Waals surface area contributed by atoms with Gasteiger partial charge in [-0.2, -0.15) is 10.1 Å². The van der Waals surface area contributed by atoms with Crippen molar-refractivity contribution in [3.63, 3.8) is 0 Å². The summed E-state index contributed by atoms with van der Waals surface area (Å²) >= 11 is 0. The van der Waals surface area contributed by atoms with Crippen molar-refractivity contribution in [3.8, 4) is 11.6 Å². The lowest BCUT2D eigenvalue weighted by Gasteiger charge is -2.07. The van der Waals surface area contributed by atoms with E-state index in [2.05, 4.69) is 27.3 Å². The number of hydrogen-bond donors (Lipinski definition) is 1. The molecule has 20 heavy (non-hydrogen) atoms. The summed E-state index contributed by atoms with van der Waals surface area (Å²) in [6.45, 7) is 3.30. The Kier molecular flexibility index (Phi) is 4.89. The quantitative estimate of drug-likeness (QED) is 0.835. The van der Waals surface area contributed by atoms with Crippen LogP contribution in [0.3, 0.4) is 0 Å². The third kappa shape index (κ3) is 3.67. The summed E-state index contributed by atoms with van der Waals surface area (Å²) in [5, 5.41) is 7.18. The van der Waals surface area contributed by atoms with E-state index in [1.807, 2.05) is 10.9 Å². The Morgan fingerprint density at radius 3 is 2.90 bits per heavy atom. The standard InChI is InChI=1S/C13H19N5O2/c1-4-5-18-8-10(7-15-18)20-13-6-11(14-2)16-12(17-13)9-19-3/h6-8H,4-5,9H2,1-3H3,(H,14,16,17). The van der Waals surface area contributed by atoms with Crippen LogP contribution in [0.15, 0.2) is 18.5 Å². The summed E-state index contributed by atoms with van der Waals surface area (Å²) in [6, 6.07) is 1.73. The number of aromatic nitrogens is 4. The summed E-state index contributed by atoms with van der Waals surface area (Å²) in [7, 11) is 3.40. The van der Waals surface area contributed by atoms with E-state index in [1.54, 1.807) is 26.4 Å². The zero-order valence-electron chi connectivity index (χ0n) is 12.0. The fourth-order valence-electron chi connectivity index (χ4n) is 1.72. The second-order valence-corrected chi connectivity index (χ2v) is 4.23. The van der Waals surface area contributed by atoms with Crippen LogP contribution in [-0.2, 0) is 17.9 Å². The van der Waals surface area contributed by atoms with E-state index in [0.717, 1.165) is 13.0 Å². The first-order valence-electron chi connectivity index (χ1n) is 6.50. The van der Waals surface area contributed by atoms with Crippen LogP contribution in [0.25, 0.3) is 0 Å². The number of nitrogens with one attached hydrogen (secondary N) is 1. The Balaban J connectivity index is 2.16. The van der Waals surface area contributed by atoms with Crippen LogP contribution in [-0.4, -0.2) is 33.9 Å². The van der Waals surface area contributed by atoms with Crippen LogP contribution in [0.4, 0.5) is 5.82 Å². The summed E-state index contributed by atoms with van der Waals surface area (Å²) in [6.07, 6.45) is 4.55. The van der Waals surface area contributed by atoms with E-state index in [1.165, 1.54) is 0 Å². The Bertz CT molecular complexity index is 555. The molecule has 0 unspecified atom stereocenters. The molecule has 0 bridgehead atoms. The molecule has 2 aromatic rings. The largest absolute Gasteiger partial charge is 0.436 e. The summed E-state index contributed by atoms with van der Waals surface area (Å²) in [4.78, 5) is 8.56. The topological polar surface area (TPSA) is 74.1 Å². The molecule has 0 spiro atoms. The first kappa shape index (κ1) is 14.3. The number of rotatable bonds is 7. The summed E-state index contributed by atoms with van der Waals surface area (Å²) < 4.78 is 12.6. The molecule has 0 aromatic carbocycles. The van der Waals surface area contributed by atoms with Crippen LogP contribution < -0.4 is 10.1 Å². The van der Waals surface area contributed by atoms with Gasteiger partial charge in [0.05, 0.1) is 12.4 Å². The highest BCUT2D eigenvalue weighted by molar-refractivity contribution is 5.38. The minimum atomic E-state index is 0.334. The molecule has 0 atom stereocenters. The lowest BCUT2D eigenvalue weighted by atomic mass is 10.5. The van der Waals surface area contributed by atoms with Crippen molar-refractivity contribution in [1.29, 1.82) is 0 Å². The van der Waals surface area contributed by atoms with Crippen LogP contribution in [0.5, 0.6) is 11.6 Å². The zero-order chi connectivity index (χ0) is 14.4. The predicted molar refractivity (Wildman–Crippen MR) is 74.9 cm³/mol. The van der Waals surface area contributed by atoms with Gasteiger partial charge in [-0.25, -0.2) is 4.98 Å². The number of nitrogens with zero attached hydrogens (tertiary/aromatic N) is 4. The molecule has 0 aliphatic rings. The molecule has 2 rings (SSSR count). The fraction of sp³-hybridized carbons (Fsp3) is 0.462. The van der Waals surface area contributed by atoms with Gasteiger partial charge >= 0.3 is 0 Å². The van der Waals surface area contributed by atoms with Crippen molar-refractivity contribution in [2.75, 3.05) is 19.5 Å². The van der Waals surface area contributed by atoms with Crippen molar-refractivity contribution in [2.45, 2.75) is 26.5 Å². The van der Waals surface area contributed by atoms with Gasteiger partial charge in [0, 0.05) is 26.8 Å². The number of ether oxygens (including phenoxy) is 2. The Morgan fingerprint density at radius 1 is 1.35 bits per heavy atom. The Labute approximate surface area is 118 Å². The molecule has 0 saturated heterocycles. The van der Waals surface area contributed by atoms with Gasteiger partial charge in [-0.15, -0.1) is 0 Å². The molecule has 1 N–H and O–H groups in total. The maximum atomic E-state index is 5.70. The number of methoxy groups -OCH3 is 1. The maximum absolute atomic E-state index is 5.70. The maximum Gasteiger partial charge on any atom is 0.224 e. The monoisotopic (exact) mass is 277 g/mol. The molecule has 2 aromatic heterocycles. The van der Waals surface area contributed by atoms with Crippen LogP contribution in [0.1, 0.15) is 19.2 Å². The Hall–Kier alpha value is -2.15. The molecule has 0 amide bonds. The van der Waals surface area contributed by atoms with Crippen molar-refractivity contribution in [2.24, 2.45) is 0 Å². The van der Waals surface area contributed by atoms with Gasteiger partial charge in [-0.3, -0.25) is 4.68 Å². The van der Waals surface area contributed by atoms with Crippen LogP contribution in [0, 0.1) is 0 Å². The van der Waals surface area contributed by atoms with Crippen molar-refractivity contribution in [1.82, 2.24) is 19.7 Å². The van der Waals surface area contributed by atoms with E-state index in [9.17, 15) is 0 Å². The third-order valence-corrected chi connectivity index (χ3v) is 2.56. The fourth-order valence-corrected chi connectivity index (χ4v) is 1.72. The first-order valence-corrected chi connectivity index (χ1v) is 6.50. The van der Waals surface area contributed by atoms with Crippen molar-refractivity contribution in [3.05, 3.63) is 24.3 Å².